The van der Waals surface area contributed by atoms with Crippen LogP contribution in [0.25, 0.3) is 0 Å². The van der Waals surface area contributed by atoms with Crippen LogP contribution in [0.15, 0.2) is 84.9 Å². The van der Waals surface area contributed by atoms with Crippen LogP contribution in [0.1, 0.15) is 57.2 Å². The van der Waals surface area contributed by atoms with E-state index in [2.05, 4.69) is 24.3 Å². The van der Waals surface area contributed by atoms with Crippen LogP contribution in [-0.4, -0.2) is 30.2 Å². The van der Waals surface area contributed by atoms with Gasteiger partial charge in [-0.1, -0.05) is 54.6 Å². The molecule has 45 heavy (non-hydrogen) atoms. The molecule has 2 aliphatic heterocycles. The van der Waals surface area contributed by atoms with E-state index < -0.39 is 23.7 Å². The largest absolute Gasteiger partial charge is 0.426 e. The number of imide groups is 1. The molecule has 2 bridgehead atoms. The normalized spacial score (nSPS) is 24.5. The first kappa shape index (κ1) is 27.5. The number of rotatable bonds is 4. The maximum Gasteiger partial charge on any atom is 0.316 e. The molecule has 5 aliphatic rings. The van der Waals surface area contributed by atoms with E-state index in [4.69, 9.17) is 4.74 Å². The van der Waals surface area contributed by atoms with Crippen LogP contribution in [0.2, 0.25) is 0 Å². The molecule has 0 saturated carbocycles. The van der Waals surface area contributed by atoms with E-state index in [1.54, 1.807) is 23.1 Å². The molecule has 0 spiro atoms. The van der Waals surface area contributed by atoms with Crippen molar-refractivity contribution in [1.82, 2.24) is 0 Å². The topological polar surface area (TPSA) is 84.0 Å². The van der Waals surface area contributed by atoms with Crippen LogP contribution in [0.3, 0.4) is 0 Å². The van der Waals surface area contributed by atoms with E-state index in [0.29, 0.717) is 17.0 Å². The van der Waals surface area contributed by atoms with Gasteiger partial charge in [0, 0.05) is 30.5 Å². The molecular weight excluding hydrogens is 564 g/mol. The smallest absolute Gasteiger partial charge is 0.316 e. The van der Waals surface area contributed by atoms with Gasteiger partial charge < -0.3 is 9.64 Å². The number of nitrogens with zero attached hydrogens (tertiary/aromatic N) is 2. The Hall–Kier alpha value is -5.04. The number of aryl methyl sites for hydroxylation is 3. The van der Waals surface area contributed by atoms with Gasteiger partial charge in [-0.25, -0.2) is 4.90 Å². The fourth-order valence-corrected chi connectivity index (χ4v) is 8.28. The third kappa shape index (κ3) is 4.10. The third-order valence-corrected chi connectivity index (χ3v) is 10.1. The molecule has 0 unspecified atom stereocenters. The van der Waals surface area contributed by atoms with Crippen molar-refractivity contribution < 1.29 is 23.9 Å². The Morgan fingerprint density at radius 3 is 1.76 bits per heavy atom. The first-order chi connectivity index (χ1) is 21.7. The van der Waals surface area contributed by atoms with Crippen LogP contribution >= 0.6 is 0 Å². The second-order valence-corrected chi connectivity index (χ2v) is 12.9. The molecule has 3 atom stereocenters. The van der Waals surface area contributed by atoms with Crippen molar-refractivity contribution >= 4 is 35.1 Å². The van der Waals surface area contributed by atoms with Crippen LogP contribution in [0, 0.1) is 38.5 Å². The molecule has 224 valence electrons. The standard InChI is InChI=1S/C38H32N2O5/c1-20-14-21(2)16-24(15-20)39-19-23(18-31(39)41)38(44)45-25-12-13-30(22(3)17-25)40-36(42)34-32-26-8-4-5-9-27(26)33(35(34)37(40)43)29-11-7-6-10-28(29)32/h4-17,23,32-35H,18-19H2,1-3H3/t23-,32?,33?,34-,35+/m0/s1. The van der Waals surface area contributed by atoms with Gasteiger partial charge in [-0.15, -0.1) is 0 Å². The minimum Gasteiger partial charge on any atom is -0.426 e. The van der Waals surface area contributed by atoms with Crippen molar-refractivity contribution in [2.45, 2.75) is 39.0 Å². The number of carbonyl (C=O) groups is 4. The lowest BCUT2D eigenvalue weighted by Crippen LogP contribution is -2.41. The Kier molecular flexibility index (Phi) is 6.11. The minimum absolute atomic E-state index is 0.0789. The van der Waals surface area contributed by atoms with Gasteiger partial charge in [0.2, 0.25) is 17.7 Å². The number of hydrogen-bond acceptors (Lipinski definition) is 5. The zero-order valence-corrected chi connectivity index (χ0v) is 25.3. The predicted octanol–water partition coefficient (Wildman–Crippen LogP) is 5.97. The molecule has 2 heterocycles. The summed E-state index contributed by atoms with van der Waals surface area (Å²) in [5.74, 6) is -2.53. The van der Waals surface area contributed by atoms with Gasteiger partial charge in [0.1, 0.15) is 5.75 Å². The van der Waals surface area contributed by atoms with Crippen molar-refractivity contribution in [3.05, 3.63) is 124 Å². The van der Waals surface area contributed by atoms with Gasteiger partial charge in [-0.3, -0.25) is 19.2 Å². The molecule has 3 amide bonds. The zero-order chi connectivity index (χ0) is 31.1. The molecule has 7 nitrogen and oxygen atoms in total. The summed E-state index contributed by atoms with van der Waals surface area (Å²) in [4.78, 5) is 57.3. The van der Waals surface area contributed by atoms with Crippen LogP contribution in [0.5, 0.6) is 5.75 Å². The highest BCUT2D eigenvalue weighted by Gasteiger charge is 2.61. The first-order valence-corrected chi connectivity index (χ1v) is 15.5. The number of anilines is 2. The van der Waals surface area contributed by atoms with Gasteiger partial charge >= 0.3 is 5.97 Å². The quantitative estimate of drug-likeness (QED) is 0.165. The van der Waals surface area contributed by atoms with E-state index >= 15 is 0 Å². The van der Waals surface area contributed by atoms with Gasteiger partial charge in [0.25, 0.3) is 0 Å². The summed E-state index contributed by atoms with van der Waals surface area (Å²) < 4.78 is 5.75. The fraction of sp³-hybridized carbons (Fsp3) is 0.263. The van der Waals surface area contributed by atoms with Gasteiger partial charge in [0.05, 0.1) is 23.4 Å². The van der Waals surface area contributed by atoms with Gasteiger partial charge in [-0.2, -0.15) is 0 Å². The molecule has 9 rings (SSSR count). The summed E-state index contributed by atoms with van der Waals surface area (Å²) in [6, 6.07) is 27.3. The molecular formula is C38H32N2O5. The van der Waals surface area contributed by atoms with E-state index in [9.17, 15) is 19.2 Å². The number of benzene rings is 4. The molecule has 2 fully saturated rings. The van der Waals surface area contributed by atoms with E-state index in [1.807, 2.05) is 63.2 Å². The number of amides is 3. The van der Waals surface area contributed by atoms with Crippen molar-refractivity contribution in [2.24, 2.45) is 17.8 Å². The third-order valence-electron chi connectivity index (χ3n) is 10.1. The number of esters is 1. The van der Waals surface area contributed by atoms with Gasteiger partial charge in [0.15, 0.2) is 0 Å². The SMILES string of the molecule is Cc1cc(C)cc(N2C[C@@H](C(=O)Oc3ccc(N4C(=O)[C@@H]5C6c7ccccc7C(c7ccccc76)[C@@H]5C4=O)c(C)c3)CC2=O)c1. The summed E-state index contributed by atoms with van der Waals surface area (Å²) in [5.41, 5.74) is 8.57. The second kappa shape index (κ2) is 9.99. The summed E-state index contributed by atoms with van der Waals surface area (Å²) in [7, 11) is 0. The van der Waals surface area contributed by atoms with Crippen molar-refractivity contribution in [2.75, 3.05) is 16.3 Å². The first-order valence-electron chi connectivity index (χ1n) is 15.5. The Bertz CT molecular complexity index is 1830. The summed E-state index contributed by atoms with van der Waals surface area (Å²) in [6.45, 7) is 6.03. The number of hydrogen-bond donors (Lipinski definition) is 0. The minimum atomic E-state index is -0.595. The Morgan fingerprint density at radius 2 is 1.24 bits per heavy atom. The number of carbonyl (C=O) groups excluding carboxylic acids is 4. The summed E-state index contributed by atoms with van der Waals surface area (Å²) in [5, 5.41) is 0. The van der Waals surface area contributed by atoms with Gasteiger partial charge in [-0.05, 0) is 90.0 Å². The summed E-state index contributed by atoms with van der Waals surface area (Å²) in [6.07, 6.45) is 0.0789. The van der Waals surface area contributed by atoms with E-state index in [0.717, 1.165) is 39.1 Å². The van der Waals surface area contributed by atoms with E-state index in [-0.39, 0.29) is 42.5 Å². The molecule has 2 saturated heterocycles. The molecule has 4 aromatic rings. The molecule has 4 aromatic carbocycles. The molecule has 0 aromatic heterocycles. The lowest BCUT2D eigenvalue weighted by atomic mass is 9.55. The van der Waals surface area contributed by atoms with Crippen LogP contribution in [-0.2, 0) is 19.2 Å². The molecule has 3 aliphatic carbocycles. The Labute approximate surface area is 261 Å². The molecule has 0 radical (unpaired) electrons. The lowest BCUT2D eigenvalue weighted by molar-refractivity contribution is -0.139. The maximum atomic E-state index is 14.2. The lowest BCUT2D eigenvalue weighted by Gasteiger charge is -2.45. The average Bonchev–Trinajstić information content (AvgIpc) is 3.54. The highest BCUT2D eigenvalue weighted by atomic mass is 16.5. The fourth-order valence-electron chi connectivity index (χ4n) is 8.28. The maximum absolute atomic E-state index is 14.2. The number of ether oxygens (including phenoxy) is 1. The summed E-state index contributed by atoms with van der Waals surface area (Å²) >= 11 is 0. The Morgan fingerprint density at radius 1 is 0.711 bits per heavy atom. The van der Waals surface area contributed by atoms with Crippen molar-refractivity contribution in [3.8, 4) is 5.75 Å². The molecule has 0 N–H and O–H groups in total. The molecule has 7 heteroatoms. The van der Waals surface area contributed by atoms with Crippen molar-refractivity contribution in [1.29, 1.82) is 0 Å². The average molecular weight is 597 g/mol. The highest BCUT2D eigenvalue weighted by molar-refractivity contribution is 6.23. The predicted molar refractivity (Wildman–Crippen MR) is 169 cm³/mol. The van der Waals surface area contributed by atoms with E-state index in [1.165, 1.54) is 4.90 Å². The second-order valence-electron chi connectivity index (χ2n) is 12.9. The zero-order valence-electron chi connectivity index (χ0n) is 25.3. The highest BCUT2D eigenvalue weighted by Crippen LogP contribution is 2.61. The van der Waals surface area contributed by atoms with Crippen LogP contribution in [0.4, 0.5) is 11.4 Å². The van der Waals surface area contributed by atoms with Crippen molar-refractivity contribution in [3.63, 3.8) is 0 Å². The van der Waals surface area contributed by atoms with Crippen LogP contribution < -0.4 is 14.5 Å². The Balaban J connectivity index is 1.04. The monoisotopic (exact) mass is 596 g/mol.